The summed E-state index contributed by atoms with van der Waals surface area (Å²) in [5.74, 6) is 1.54. The highest BCUT2D eigenvalue weighted by atomic mass is 15.1. The molecule has 1 aliphatic heterocycles. The molecular formula is C18H30N2. The molecule has 0 radical (unpaired) electrons. The van der Waals surface area contributed by atoms with E-state index in [0.29, 0.717) is 6.04 Å². The maximum absolute atomic E-state index is 3.53. The molecule has 2 atom stereocenters. The zero-order valence-electron chi connectivity index (χ0n) is 13.3. The van der Waals surface area contributed by atoms with Gasteiger partial charge in [0.15, 0.2) is 0 Å². The van der Waals surface area contributed by atoms with Gasteiger partial charge in [-0.1, -0.05) is 44.2 Å². The number of benzene rings is 1. The summed E-state index contributed by atoms with van der Waals surface area (Å²) in [6, 6.07) is 11.6. The SMILES string of the molecule is CC(C)CC(c1ccccc1)N(C)CC1CCCNC1. The molecule has 1 fully saturated rings. The van der Waals surface area contributed by atoms with Gasteiger partial charge < -0.3 is 5.32 Å². The minimum atomic E-state index is 0.554. The highest BCUT2D eigenvalue weighted by molar-refractivity contribution is 5.19. The average molecular weight is 274 g/mol. The van der Waals surface area contributed by atoms with E-state index in [2.05, 4.69) is 61.4 Å². The molecule has 2 unspecified atom stereocenters. The molecule has 1 aromatic carbocycles. The molecule has 1 heterocycles. The highest BCUT2D eigenvalue weighted by Gasteiger charge is 2.22. The lowest BCUT2D eigenvalue weighted by molar-refractivity contribution is 0.170. The Hall–Kier alpha value is -0.860. The Morgan fingerprint density at radius 3 is 2.60 bits per heavy atom. The lowest BCUT2D eigenvalue weighted by Gasteiger charge is -2.34. The third-order valence-corrected chi connectivity index (χ3v) is 4.36. The van der Waals surface area contributed by atoms with Gasteiger partial charge in [-0.3, -0.25) is 4.90 Å². The molecule has 2 heteroatoms. The number of hydrogen-bond acceptors (Lipinski definition) is 2. The van der Waals surface area contributed by atoms with E-state index in [4.69, 9.17) is 0 Å². The third kappa shape index (κ3) is 4.60. The van der Waals surface area contributed by atoms with Crippen LogP contribution in [0.1, 0.15) is 44.7 Å². The first kappa shape index (κ1) is 15.5. The van der Waals surface area contributed by atoms with Crippen LogP contribution in [0.5, 0.6) is 0 Å². The van der Waals surface area contributed by atoms with Crippen LogP contribution in [0.3, 0.4) is 0 Å². The fourth-order valence-electron chi connectivity index (χ4n) is 3.31. The van der Waals surface area contributed by atoms with E-state index in [-0.39, 0.29) is 0 Å². The normalized spacial score (nSPS) is 21.4. The first-order chi connectivity index (χ1) is 9.66. The maximum Gasteiger partial charge on any atom is 0.0347 e. The number of nitrogens with zero attached hydrogens (tertiary/aromatic N) is 1. The van der Waals surface area contributed by atoms with E-state index in [1.807, 2.05) is 0 Å². The van der Waals surface area contributed by atoms with Gasteiger partial charge in [0.2, 0.25) is 0 Å². The molecule has 0 aromatic heterocycles. The molecule has 0 saturated carbocycles. The van der Waals surface area contributed by atoms with Crippen molar-refractivity contribution in [3.63, 3.8) is 0 Å². The second-order valence-electron chi connectivity index (χ2n) is 6.71. The van der Waals surface area contributed by atoms with Crippen LogP contribution < -0.4 is 5.32 Å². The molecule has 1 saturated heterocycles. The van der Waals surface area contributed by atoms with Crippen LogP contribution in [-0.4, -0.2) is 31.6 Å². The van der Waals surface area contributed by atoms with Crippen molar-refractivity contribution < 1.29 is 0 Å². The lowest BCUT2D eigenvalue weighted by atomic mass is 9.93. The van der Waals surface area contributed by atoms with Crippen LogP contribution in [0.15, 0.2) is 30.3 Å². The topological polar surface area (TPSA) is 15.3 Å². The van der Waals surface area contributed by atoms with E-state index in [1.54, 1.807) is 0 Å². The Morgan fingerprint density at radius 2 is 2.00 bits per heavy atom. The summed E-state index contributed by atoms with van der Waals surface area (Å²) in [4.78, 5) is 2.58. The van der Waals surface area contributed by atoms with Crippen LogP contribution in [0, 0.1) is 11.8 Å². The summed E-state index contributed by atoms with van der Waals surface area (Å²) in [6.45, 7) is 8.25. The monoisotopic (exact) mass is 274 g/mol. The predicted octanol–water partition coefficient (Wildman–Crippen LogP) is 3.71. The van der Waals surface area contributed by atoms with E-state index in [0.717, 1.165) is 11.8 Å². The molecule has 0 amide bonds. The van der Waals surface area contributed by atoms with Gasteiger partial charge in [-0.25, -0.2) is 0 Å². The minimum Gasteiger partial charge on any atom is -0.316 e. The highest BCUT2D eigenvalue weighted by Crippen LogP contribution is 2.28. The molecule has 1 N–H and O–H groups in total. The zero-order valence-corrected chi connectivity index (χ0v) is 13.3. The van der Waals surface area contributed by atoms with Crippen molar-refractivity contribution in [3.05, 3.63) is 35.9 Å². The van der Waals surface area contributed by atoms with Crippen molar-refractivity contribution in [2.24, 2.45) is 11.8 Å². The predicted molar refractivity (Wildman–Crippen MR) is 86.9 cm³/mol. The summed E-state index contributed by atoms with van der Waals surface area (Å²) >= 11 is 0. The molecule has 1 aliphatic rings. The maximum atomic E-state index is 3.53. The first-order valence-corrected chi connectivity index (χ1v) is 8.12. The van der Waals surface area contributed by atoms with Crippen molar-refractivity contribution in [2.45, 2.75) is 39.2 Å². The summed E-state index contributed by atoms with van der Waals surface area (Å²) < 4.78 is 0. The van der Waals surface area contributed by atoms with E-state index in [9.17, 15) is 0 Å². The van der Waals surface area contributed by atoms with Crippen molar-refractivity contribution >= 4 is 0 Å². The van der Waals surface area contributed by atoms with Gasteiger partial charge >= 0.3 is 0 Å². The average Bonchev–Trinajstić information content (AvgIpc) is 2.46. The van der Waals surface area contributed by atoms with Crippen LogP contribution in [0.2, 0.25) is 0 Å². The molecule has 112 valence electrons. The number of hydrogen-bond donors (Lipinski definition) is 1. The third-order valence-electron chi connectivity index (χ3n) is 4.36. The Balaban J connectivity index is 2.01. The Labute approximate surface area is 124 Å². The van der Waals surface area contributed by atoms with Crippen molar-refractivity contribution in [2.75, 3.05) is 26.7 Å². The molecule has 0 bridgehead atoms. The Kier molecular flexibility index (Phi) is 6.06. The van der Waals surface area contributed by atoms with Crippen molar-refractivity contribution in [1.82, 2.24) is 10.2 Å². The molecule has 1 aromatic rings. The quantitative estimate of drug-likeness (QED) is 0.851. The van der Waals surface area contributed by atoms with E-state index in [1.165, 1.54) is 44.5 Å². The van der Waals surface area contributed by atoms with Crippen molar-refractivity contribution in [3.8, 4) is 0 Å². The smallest absolute Gasteiger partial charge is 0.0347 e. The molecule has 0 spiro atoms. The Morgan fingerprint density at radius 1 is 1.25 bits per heavy atom. The van der Waals surface area contributed by atoms with Crippen LogP contribution in [-0.2, 0) is 0 Å². The summed E-state index contributed by atoms with van der Waals surface area (Å²) in [5, 5.41) is 3.53. The standard InChI is InChI=1S/C18H30N2/c1-15(2)12-18(17-9-5-4-6-10-17)20(3)14-16-8-7-11-19-13-16/h4-6,9-10,15-16,18-19H,7-8,11-14H2,1-3H3. The zero-order chi connectivity index (χ0) is 14.4. The summed E-state index contributed by atoms with van der Waals surface area (Å²) in [5.41, 5.74) is 1.47. The van der Waals surface area contributed by atoms with Gasteiger partial charge in [-0.15, -0.1) is 0 Å². The van der Waals surface area contributed by atoms with Crippen LogP contribution in [0.4, 0.5) is 0 Å². The van der Waals surface area contributed by atoms with E-state index < -0.39 is 0 Å². The second kappa shape index (κ2) is 7.80. The number of piperidine rings is 1. The van der Waals surface area contributed by atoms with Gasteiger partial charge in [0.05, 0.1) is 0 Å². The largest absolute Gasteiger partial charge is 0.316 e. The van der Waals surface area contributed by atoms with Gasteiger partial charge in [0.1, 0.15) is 0 Å². The molecule has 0 aliphatic carbocycles. The molecular weight excluding hydrogens is 244 g/mol. The molecule has 20 heavy (non-hydrogen) atoms. The van der Waals surface area contributed by atoms with Gasteiger partial charge in [-0.2, -0.15) is 0 Å². The summed E-state index contributed by atoms with van der Waals surface area (Å²) in [7, 11) is 2.30. The van der Waals surface area contributed by atoms with E-state index >= 15 is 0 Å². The summed E-state index contributed by atoms with van der Waals surface area (Å²) in [6.07, 6.45) is 3.94. The first-order valence-electron chi connectivity index (χ1n) is 8.12. The van der Waals surface area contributed by atoms with Crippen LogP contribution in [0.25, 0.3) is 0 Å². The minimum absolute atomic E-state index is 0.554. The number of rotatable bonds is 6. The fraction of sp³-hybridized carbons (Fsp3) is 0.667. The van der Waals surface area contributed by atoms with Gasteiger partial charge in [0.25, 0.3) is 0 Å². The Bertz CT molecular complexity index is 368. The van der Waals surface area contributed by atoms with Crippen LogP contribution >= 0.6 is 0 Å². The second-order valence-corrected chi connectivity index (χ2v) is 6.71. The van der Waals surface area contributed by atoms with Crippen molar-refractivity contribution in [1.29, 1.82) is 0 Å². The molecule has 2 rings (SSSR count). The van der Waals surface area contributed by atoms with Gasteiger partial charge in [0, 0.05) is 12.6 Å². The lowest BCUT2D eigenvalue weighted by Crippen LogP contribution is -2.38. The molecule has 2 nitrogen and oxygen atoms in total. The fourth-order valence-corrected chi connectivity index (χ4v) is 3.31. The number of nitrogens with one attached hydrogen (secondary N) is 1. The van der Waals surface area contributed by atoms with Gasteiger partial charge in [-0.05, 0) is 56.8 Å².